The van der Waals surface area contributed by atoms with Gasteiger partial charge < -0.3 is 20.1 Å². The van der Waals surface area contributed by atoms with Gasteiger partial charge in [-0.1, -0.05) is 11.6 Å². The van der Waals surface area contributed by atoms with Gasteiger partial charge in [0.2, 0.25) is 0 Å². The smallest absolute Gasteiger partial charge is 0.144 e. The van der Waals surface area contributed by atoms with Crippen molar-refractivity contribution in [3.63, 3.8) is 0 Å². The highest BCUT2D eigenvalue weighted by atomic mass is 35.5. The number of hydrogen-bond donors (Lipinski definition) is 2. The molecule has 1 fully saturated rings. The van der Waals surface area contributed by atoms with E-state index in [0.29, 0.717) is 24.9 Å². The number of fused-ring (bicyclic) bond motifs is 1. The van der Waals surface area contributed by atoms with Gasteiger partial charge in [-0.25, -0.2) is 14.4 Å². The maximum Gasteiger partial charge on any atom is 0.144 e. The van der Waals surface area contributed by atoms with Gasteiger partial charge >= 0.3 is 0 Å². The first-order chi connectivity index (χ1) is 14.7. The van der Waals surface area contributed by atoms with Crippen LogP contribution in [0.25, 0.3) is 22.2 Å². The molecule has 0 aliphatic carbocycles. The molecule has 0 bridgehead atoms. The summed E-state index contributed by atoms with van der Waals surface area (Å²) < 4.78 is 24.7. The van der Waals surface area contributed by atoms with E-state index in [2.05, 4.69) is 20.6 Å². The van der Waals surface area contributed by atoms with Crippen molar-refractivity contribution in [3.8, 4) is 17.0 Å². The molecule has 1 aromatic heterocycles. The minimum Gasteiger partial charge on any atom is -0.489 e. The Morgan fingerprint density at radius 3 is 2.77 bits per heavy atom. The first-order valence-corrected chi connectivity index (χ1v) is 10.4. The summed E-state index contributed by atoms with van der Waals surface area (Å²) in [5.41, 5.74) is 3.05. The third-order valence-electron chi connectivity index (χ3n) is 5.17. The van der Waals surface area contributed by atoms with E-state index in [1.807, 2.05) is 12.1 Å². The van der Waals surface area contributed by atoms with Gasteiger partial charge in [-0.15, -0.1) is 0 Å². The standard InChI is InChI=1S/C22H24ClFN4O2/c1-29-8-9-30-21-12-19-16(11-20(21)28-15-4-6-25-7-5-15)22(27-13-26-19)14-2-3-18(24)17(23)10-14/h2-3,10-13,15,25,28H,4-9H2,1H3. The van der Waals surface area contributed by atoms with Crippen molar-refractivity contribution < 1.29 is 13.9 Å². The molecular formula is C22H24ClFN4O2. The zero-order chi connectivity index (χ0) is 20.9. The maximum atomic E-state index is 13.6. The second kappa shape index (κ2) is 9.55. The van der Waals surface area contributed by atoms with E-state index >= 15 is 0 Å². The molecule has 6 nitrogen and oxygen atoms in total. The highest BCUT2D eigenvalue weighted by Gasteiger charge is 2.18. The minimum absolute atomic E-state index is 0.0619. The molecular weight excluding hydrogens is 407 g/mol. The molecule has 3 aromatic rings. The maximum absolute atomic E-state index is 13.6. The Balaban J connectivity index is 1.76. The Labute approximate surface area is 179 Å². The Bertz CT molecular complexity index is 1030. The Kier molecular flexibility index (Phi) is 6.62. The number of halogens is 2. The summed E-state index contributed by atoms with van der Waals surface area (Å²) in [4.78, 5) is 8.87. The van der Waals surface area contributed by atoms with Gasteiger partial charge in [0.15, 0.2) is 0 Å². The van der Waals surface area contributed by atoms with Crippen molar-refractivity contribution in [2.24, 2.45) is 0 Å². The lowest BCUT2D eigenvalue weighted by Gasteiger charge is -2.26. The largest absolute Gasteiger partial charge is 0.489 e. The molecule has 2 aromatic carbocycles. The first kappa shape index (κ1) is 20.8. The minimum atomic E-state index is -0.458. The fourth-order valence-electron chi connectivity index (χ4n) is 3.61. The quantitative estimate of drug-likeness (QED) is 0.545. The van der Waals surface area contributed by atoms with Crippen LogP contribution in [0.2, 0.25) is 5.02 Å². The normalized spacial score (nSPS) is 14.8. The van der Waals surface area contributed by atoms with Gasteiger partial charge in [-0.2, -0.15) is 0 Å². The molecule has 8 heteroatoms. The molecule has 1 aliphatic heterocycles. The van der Waals surface area contributed by atoms with Crippen molar-refractivity contribution in [1.82, 2.24) is 15.3 Å². The SMILES string of the molecule is COCCOc1cc2ncnc(-c3ccc(F)c(Cl)c3)c2cc1NC1CCNCC1. The van der Waals surface area contributed by atoms with E-state index in [0.717, 1.165) is 53.8 Å². The van der Waals surface area contributed by atoms with Crippen LogP contribution in [0.15, 0.2) is 36.7 Å². The Hall–Kier alpha value is -2.48. The van der Waals surface area contributed by atoms with Crippen LogP contribution < -0.4 is 15.4 Å². The summed E-state index contributed by atoms with van der Waals surface area (Å²) >= 11 is 6.00. The number of piperidine rings is 1. The average molecular weight is 431 g/mol. The lowest BCUT2D eigenvalue weighted by atomic mass is 10.0. The molecule has 1 saturated heterocycles. The summed E-state index contributed by atoms with van der Waals surface area (Å²) in [6.07, 6.45) is 3.55. The van der Waals surface area contributed by atoms with Crippen molar-refractivity contribution in [1.29, 1.82) is 0 Å². The van der Waals surface area contributed by atoms with E-state index in [1.54, 1.807) is 19.2 Å². The van der Waals surface area contributed by atoms with Crippen LogP contribution in [0.5, 0.6) is 5.75 Å². The third-order valence-corrected chi connectivity index (χ3v) is 5.46. The Morgan fingerprint density at radius 1 is 1.17 bits per heavy atom. The lowest BCUT2D eigenvalue weighted by molar-refractivity contribution is 0.146. The second-order valence-electron chi connectivity index (χ2n) is 7.23. The highest BCUT2D eigenvalue weighted by molar-refractivity contribution is 6.31. The van der Waals surface area contributed by atoms with Crippen LogP contribution >= 0.6 is 11.6 Å². The number of hydrogen-bond acceptors (Lipinski definition) is 6. The number of nitrogens with one attached hydrogen (secondary N) is 2. The first-order valence-electron chi connectivity index (χ1n) is 9.99. The molecule has 4 rings (SSSR count). The number of methoxy groups -OCH3 is 1. The van der Waals surface area contributed by atoms with Crippen LogP contribution in [0.3, 0.4) is 0 Å². The molecule has 1 aliphatic rings. The second-order valence-corrected chi connectivity index (χ2v) is 7.63. The van der Waals surface area contributed by atoms with Crippen molar-refractivity contribution in [2.45, 2.75) is 18.9 Å². The molecule has 0 unspecified atom stereocenters. The van der Waals surface area contributed by atoms with E-state index in [9.17, 15) is 4.39 Å². The number of rotatable bonds is 7. The van der Waals surface area contributed by atoms with Gasteiger partial charge in [0.1, 0.15) is 24.5 Å². The van der Waals surface area contributed by atoms with Gasteiger partial charge in [-0.05, 0) is 50.2 Å². The van der Waals surface area contributed by atoms with Gasteiger partial charge in [0, 0.05) is 30.2 Å². The monoisotopic (exact) mass is 430 g/mol. The van der Waals surface area contributed by atoms with E-state index in [-0.39, 0.29) is 5.02 Å². The van der Waals surface area contributed by atoms with Gasteiger partial charge in [0.05, 0.1) is 28.5 Å². The topological polar surface area (TPSA) is 68.3 Å². The molecule has 0 spiro atoms. The van der Waals surface area contributed by atoms with E-state index < -0.39 is 5.82 Å². The zero-order valence-electron chi connectivity index (χ0n) is 16.8. The Morgan fingerprint density at radius 2 is 2.00 bits per heavy atom. The predicted molar refractivity (Wildman–Crippen MR) is 117 cm³/mol. The summed E-state index contributed by atoms with van der Waals surface area (Å²) in [6.45, 7) is 2.89. The van der Waals surface area contributed by atoms with Crippen molar-refractivity contribution in [2.75, 3.05) is 38.7 Å². The molecule has 30 heavy (non-hydrogen) atoms. The van der Waals surface area contributed by atoms with Gasteiger partial charge in [-0.3, -0.25) is 0 Å². The number of ether oxygens (including phenoxy) is 2. The summed E-state index contributed by atoms with van der Waals surface area (Å²) in [6, 6.07) is 8.87. The molecule has 158 valence electrons. The summed E-state index contributed by atoms with van der Waals surface area (Å²) in [5, 5.41) is 7.90. The van der Waals surface area contributed by atoms with E-state index in [4.69, 9.17) is 21.1 Å². The molecule has 0 saturated carbocycles. The third kappa shape index (κ3) is 4.64. The lowest BCUT2D eigenvalue weighted by Crippen LogP contribution is -2.35. The summed E-state index contributed by atoms with van der Waals surface area (Å²) in [7, 11) is 1.64. The number of benzene rings is 2. The van der Waals surface area contributed by atoms with Crippen LogP contribution in [0.4, 0.5) is 10.1 Å². The number of anilines is 1. The van der Waals surface area contributed by atoms with Crippen LogP contribution in [-0.4, -0.2) is 49.4 Å². The number of aromatic nitrogens is 2. The fraction of sp³-hybridized carbons (Fsp3) is 0.364. The van der Waals surface area contributed by atoms with Crippen molar-refractivity contribution >= 4 is 28.2 Å². The average Bonchev–Trinajstić information content (AvgIpc) is 2.76. The zero-order valence-corrected chi connectivity index (χ0v) is 17.5. The van der Waals surface area contributed by atoms with Crippen LogP contribution in [0.1, 0.15) is 12.8 Å². The molecule has 0 amide bonds. The predicted octanol–water partition coefficient (Wildman–Crippen LogP) is 4.28. The molecule has 0 atom stereocenters. The highest BCUT2D eigenvalue weighted by Crippen LogP contribution is 2.35. The molecule has 2 heterocycles. The van der Waals surface area contributed by atoms with E-state index in [1.165, 1.54) is 12.4 Å². The van der Waals surface area contributed by atoms with Crippen LogP contribution in [-0.2, 0) is 4.74 Å². The fourth-order valence-corrected chi connectivity index (χ4v) is 3.79. The van der Waals surface area contributed by atoms with Gasteiger partial charge in [0.25, 0.3) is 0 Å². The molecule has 0 radical (unpaired) electrons. The summed E-state index contributed by atoms with van der Waals surface area (Å²) in [5.74, 6) is 0.265. The number of nitrogens with zero attached hydrogens (tertiary/aromatic N) is 2. The van der Waals surface area contributed by atoms with Crippen molar-refractivity contribution in [3.05, 3.63) is 47.5 Å². The van der Waals surface area contributed by atoms with Crippen LogP contribution in [0, 0.1) is 5.82 Å². The molecule has 2 N–H and O–H groups in total.